The predicted molar refractivity (Wildman–Crippen MR) is 133 cm³/mol. The number of thiophene rings is 1. The molecule has 2 rings (SSSR count). The van der Waals surface area contributed by atoms with E-state index in [1.54, 1.807) is 0 Å². The van der Waals surface area contributed by atoms with Crippen LogP contribution >= 0.6 is 11.3 Å². The molecule has 1 amide bonds. The van der Waals surface area contributed by atoms with Gasteiger partial charge < -0.3 is 20.3 Å². The highest BCUT2D eigenvalue weighted by molar-refractivity contribution is 7.14. The third-order valence-corrected chi connectivity index (χ3v) is 7.67. The molecule has 1 heterocycles. The molecule has 0 fully saturated rings. The highest BCUT2D eigenvalue weighted by atomic mass is 32.1. The van der Waals surface area contributed by atoms with Gasteiger partial charge in [0, 0.05) is 4.88 Å². The lowest BCUT2D eigenvalue weighted by Gasteiger charge is -2.25. The van der Waals surface area contributed by atoms with E-state index in [0.717, 1.165) is 41.0 Å². The van der Waals surface area contributed by atoms with Crippen LogP contribution in [0.4, 0.5) is 0 Å². The van der Waals surface area contributed by atoms with Crippen LogP contribution in [0.25, 0.3) is 0 Å². The van der Waals surface area contributed by atoms with E-state index in [4.69, 9.17) is 9.84 Å². The number of carbonyl (C=O) groups excluding carboxylic acids is 1. The number of hydrogen-bond donors (Lipinski definition) is 3. The predicted octanol–water partition coefficient (Wildman–Crippen LogP) is 5.24. The number of carbonyl (C=O) groups is 2. The van der Waals surface area contributed by atoms with Gasteiger partial charge >= 0.3 is 5.97 Å². The van der Waals surface area contributed by atoms with Crippen molar-refractivity contribution < 1.29 is 24.5 Å². The van der Waals surface area contributed by atoms with Crippen LogP contribution in [-0.2, 0) is 11.2 Å². The quantitative estimate of drug-likeness (QED) is 0.368. The van der Waals surface area contributed by atoms with Crippen molar-refractivity contribution in [2.45, 2.75) is 78.2 Å². The molecule has 0 aliphatic rings. The third-order valence-electron chi connectivity index (χ3n) is 6.27. The van der Waals surface area contributed by atoms with Crippen LogP contribution in [0.5, 0.6) is 5.75 Å². The number of aliphatic hydroxyl groups is 1. The summed E-state index contributed by atoms with van der Waals surface area (Å²) in [5, 5.41) is 21.7. The molecule has 1 aromatic heterocycles. The largest absolute Gasteiger partial charge is 0.490 e. The second-order valence-electron chi connectivity index (χ2n) is 8.70. The standard InChI is InChI=1S/C26H37NO5S/c1-6-20(22-14-18(5)24(33-22)25(30)27-15-23(28)29)11-9-19-10-12-21(17(4)13-19)32-16-26(31,7-2)8-3/h10,12-14,20,31H,6-9,11,15-16H2,1-5H3,(H,27,30)(H,28,29). The fraction of sp³-hybridized carbons (Fsp3) is 0.538. The molecule has 0 aliphatic heterocycles. The minimum Gasteiger partial charge on any atom is -0.490 e. The van der Waals surface area contributed by atoms with E-state index in [2.05, 4.69) is 30.4 Å². The number of aliphatic carboxylic acids is 1. The maximum Gasteiger partial charge on any atom is 0.322 e. The van der Waals surface area contributed by atoms with Crippen LogP contribution in [0, 0.1) is 13.8 Å². The van der Waals surface area contributed by atoms with E-state index in [0.29, 0.717) is 23.6 Å². The normalized spacial score (nSPS) is 12.4. The summed E-state index contributed by atoms with van der Waals surface area (Å²) in [7, 11) is 0. The third kappa shape index (κ3) is 7.57. The lowest BCUT2D eigenvalue weighted by atomic mass is 9.94. The summed E-state index contributed by atoms with van der Waals surface area (Å²) in [4.78, 5) is 24.8. The molecule has 0 bridgehead atoms. The van der Waals surface area contributed by atoms with Crippen LogP contribution < -0.4 is 10.1 Å². The average molecular weight is 476 g/mol. The summed E-state index contributed by atoms with van der Waals surface area (Å²) >= 11 is 1.46. The van der Waals surface area contributed by atoms with Gasteiger partial charge in [0.1, 0.15) is 18.9 Å². The van der Waals surface area contributed by atoms with E-state index >= 15 is 0 Å². The van der Waals surface area contributed by atoms with Crippen LogP contribution in [-0.4, -0.2) is 40.8 Å². The molecule has 1 unspecified atom stereocenters. The Morgan fingerprint density at radius 2 is 1.82 bits per heavy atom. The van der Waals surface area contributed by atoms with Crippen molar-refractivity contribution in [1.29, 1.82) is 0 Å². The van der Waals surface area contributed by atoms with Gasteiger partial charge in [-0.2, -0.15) is 0 Å². The Labute approximate surface area is 201 Å². The highest BCUT2D eigenvalue weighted by Gasteiger charge is 2.23. The smallest absolute Gasteiger partial charge is 0.322 e. The molecule has 6 nitrogen and oxygen atoms in total. The Kier molecular flexibility index (Phi) is 9.92. The number of carboxylic acid groups (broad SMARTS) is 1. The summed E-state index contributed by atoms with van der Waals surface area (Å²) in [5.41, 5.74) is 2.38. The number of ether oxygens (including phenoxy) is 1. The molecule has 182 valence electrons. The molecular weight excluding hydrogens is 438 g/mol. The van der Waals surface area contributed by atoms with Crippen LogP contribution in [0.1, 0.15) is 83.6 Å². The number of hydrogen-bond acceptors (Lipinski definition) is 5. The molecule has 1 atom stereocenters. The van der Waals surface area contributed by atoms with Gasteiger partial charge in [0.15, 0.2) is 0 Å². The van der Waals surface area contributed by atoms with E-state index in [1.807, 2.05) is 33.8 Å². The van der Waals surface area contributed by atoms with Gasteiger partial charge in [-0.25, -0.2) is 0 Å². The zero-order valence-electron chi connectivity index (χ0n) is 20.4. The summed E-state index contributed by atoms with van der Waals surface area (Å²) in [6.07, 6.45) is 4.14. The second kappa shape index (κ2) is 12.2. The molecule has 0 radical (unpaired) electrons. The average Bonchev–Trinajstić information content (AvgIpc) is 3.18. The Morgan fingerprint density at radius 3 is 2.39 bits per heavy atom. The summed E-state index contributed by atoms with van der Waals surface area (Å²) in [5.74, 6) is -0.250. The topological polar surface area (TPSA) is 95.9 Å². The molecule has 0 aliphatic carbocycles. The summed E-state index contributed by atoms with van der Waals surface area (Å²) < 4.78 is 5.90. The van der Waals surface area contributed by atoms with Crippen molar-refractivity contribution in [3.8, 4) is 5.75 Å². The Morgan fingerprint density at radius 1 is 1.12 bits per heavy atom. The molecule has 0 saturated carbocycles. The van der Waals surface area contributed by atoms with Crippen molar-refractivity contribution in [3.63, 3.8) is 0 Å². The number of benzene rings is 1. The van der Waals surface area contributed by atoms with Gasteiger partial charge in [-0.05, 0) is 80.7 Å². The molecule has 33 heavy (non-hydrogen) atoms. The van der Waals surface area contributed by atoms with Crippen LogP contribution in [0.3, 0.4) is 0 Å². The lowest BCUT2D eigenvalue weighted by Crippen LogP contribution is -2.34. The van der Waals surface area contributed by atoms with Gasteiger partial charge in [0.05, 0.1) is 10.5 Å². The van der Waals surface area contributed by atoms with Gasteiger partial charge in [-0.15, -0.1) is 11.3 Å². The number of aryl methyl sites for hydroxylation is 3. The summed E-state index contributed by atoms with van der Waals surface area (Å²) in [6, 6.07) is 8.26. The zero-order chi connectivity index (χ0) is 24.6. The molecule has 7 heteroatoms. The van der Waals surface area contributed by atoms with E-state index in [1.165, 1.54) is 16.9 Å². The zero-order valence-corrected chi connectivity index (χ0v) is 21.2. The van der Waals surface area contributed by atoms with E-state index in [-0.39, 0.29) is 19.1 Å². The van der Waals surface area contributed by atoms with Gasteiger partial charge in [-0.1, -0.05) is 32.9 Å². The fourth-order valence-electron chi connectivity index (χ4n) is 3.75. The SMILES string of the molecule is CCC(CCc1ccc(OCC(O)(CC)CC)c(C)c1)c1cc(C)c(C(=O)NCC(=O)O)s1. The maximum absolute atomic E-state index is 12.3. The lowest BCUT2D eigenvalue weighted by molar-refractivity contribution is -0.135. The first kappa shape index (κ1) is 26.9. The number of carboxylic acids is 1. The van der Waals surface area contributed by atoms with Crippen molar-refractivity contribution >= 4 is 23.2 Å². The second-order valence-corrected chi connectivity index (χ2v) is 9.78. The first-order chi connectivity index (χ1) is 15.6. The van der Waals surface area contributed by atoms with Gasteiger partial charge in [0.25, 0.3) is 5.91 Å². The summed E-state index contributed by atoms with van der Waals surface area (Å²) in [6.45, 7) is 9.91. The van der Waals surface area contributed by atoms with Crippen molar-refractivity contribution in [3.05, 3.63) is 50.7 Å². The first-order valence-electron chi connectivity index (χ1n) is 11.7. The van der Waals surface area contributed by atoms with Crippen molar-refractivity contribution in [2.75, 3.05) is 13.2 Å². The Hall–Kier alpha value is -2.38. The molecule has 0 spiro atoms. The van der Waals surface area contributed by atoms with Gasteiger partial charge in [0.2, 0.25) is 0 Å². The monoisotopic (exact) mass is 475 g/mol. The van der Waals surface area contributed by atoms with Gasteiger partial charge in [-0.3, -0.25) is 9.59 Å². The minimum atomic E-state index is -1.05. The number of nitrogens with one attached hydrogen (secondary N) is 1. The Balaban J connectivity index is 2.02. The minimum absolute atomic E-state index is 0.290. The fourth-order valence-corrected chi connectivity index (χ4v) is 5.06. The molecule has 3 N–H and O–H groups in total. The number of amides is 1. The van der Waals surface area contributed by atoms with Crippen LogP contribution in [0.15, 0.2) is 24.3 Å². The van der Waals surface area contributed by atoms with E-state index < -0.39 is 11.6 Å². The highest BCUT2D eigenvalue weighted by Crippen LogP contribution is 2.34. The van der Waals surface area contributed by atoms with Crippen molar-refractivity contribution in [2.24, 2.45) is 0 Å². The molecule has 0 saturated heterocycles. The number of rotatable bonds is 13. The molecule has 1 aromatic carbocycles. The van der Waals surface area contributed by atoms with Crippen molar-refractivity contribution in [1.82, 2.24) is 5.32 Å². The maximum atomic E-state index is 12.3. The van der Waals surface area contributed by atoms with E-state index in [9.17, 15) is 14.7 Å². The molecular formula is C26H37NO5S. The Bertz CT molecular complexity index is 948. The van der Waals surface area contributed by atoms with Crippen LogP contribution in [0.2, 0.25) is 0 Å². The molecule has 2 aromatic rings. The first-order valence-corrected chi connectivity index (χ1v) is 12.5.